The van der Waals surface area contributed by atoms with Gasteiger partial charge in [0.2, 0.25) is 12.6 Å². The van der Waals surface area contributed by atoms with E-state index in [9.17, 15) is 9.59 Å². The van der Waals surface area contributed by atoms with Crippen LogP contribution >= 0.6 is 11.6 Å². The fourth-order valence-electron chi connectivity index (χ4n) is 3.67. The number of hydrogen-bond donors (Lipinski definition) is 0. The molecule has 0 fully saturated rings. The number of nitrogens with zero attached hydrogens (tertiary/aromatic N) is 1. The lowest BCUT2D eigenvalue weighted by molar-refractivity contribution is 0.0471. The number of Topliss-reactive ketones (excluding diaryl/α,β-unsaturated/α-hetero) is 1. The van der Waals surface area contributed by atoms with Gasteiger partial charge in [0, 0.05) is 28.5 Å². The highest BCUT2D eigenvalue weighted by Crippen LogP contribution is 2.33. The molecule has 0 aliphatic carbocycles. The van der Waals surface area contributed by atoms with Gasteiger partial charge in [-0.25, -0.2) is 4.79 Å². The molecule has 1 aliphatic rings. The first kappa shape index (κ1) is 21.8. The van der Waals surface area contributed by atoms with E-state index >= 15 is 0 Å². The van der Waals surface area contributed by atoms with Gasteiger partial charge in [-0.3, -0.25) is 4.79 Å². The Morgan fingerprint density at radius 2 is 1.81 bits per heavy atom. The van der Waals surface area contributed by atoms with E-state index < -0.39 is 5.97 Å². The predicted molar refractivity (Wildman–Crippen MR) is 118 cm³/mol. The summed E-state index contributed by atoms with van der Waals surface area (Å²) in [6.07, 6.45) is 0. The molecule has 3 aromatic rings. The molecule has 0 atom stereocenters. The summed E-state index contributed by atoms with van der Waals surface area (Å²) in [5.74, 6) is 0.804. The van der Waals surface area contributed by atoms with Crippen LogP contribution < -0.4 is 14.2 Å². The van der Waals surface area contributed by atoms with Crippen LogP contribution in [0, 0.1) is 13.8 Å². The number of carbonyl (C=O) groups excluding carboxylic acids is 2. The predicted octanol–water partition coefficient (Wildman–Crippen LogP) is 4.58. The standard InChI is InChI=1S/C24H22ClNO6/c1-14-8-18(15(2)26(14)11-16-4-6-22-23(9-16)32-13-31-22)20(27)12-30-24(28)19-10-17(25)5-7-21(19)29-3/h4-10H,11-13H2,1-3H3. The van der Waals surface area contributed by atoms with Crippen LogP contribution in [-0.2, 0) is 11.3 Å². The highest BCUT2D eigenvalue weighted by molar-refractivity contribution is 6.31. The number of halogens is 1. The Labute approximate surface area is 190 Å². The van der Waals surface area contributed by atoms with Crippen LogP contribution in [0.3, 0.4) is 0 Å². The van der Waals surface area contributed by atoms with Crippen LogP contribution in [0.2, 0.25) is 5.02 Å². The fourth-order valence-corrected chi connectivity index (χ4v) is 3.85. The Morgan fingerprint density at radius 1 is 1.03 bits per heavy atom. The maximum absolute atomic E-state index is 12.8. The van der Waals surface area contributed by atoms with Gasteiger partial charge in [0.1, 0.15) is 11.3 Å². The van der Waals surface area contributed by atoms with E-state index in [-0.39, 0.29) is 24.7 Å². The first-order chi connectivity index (χ1) is 15.4. The topological polar surface area (TPSA) is 76.0 Å². The molecule has 0 saturated carbocycles. The van der Waals surface area contributed by atoms with Crippen molar-refractivity contribution in [1.82, 2.24) is 4.57 Å². The zero-order valence-electron chi connectivity index (χ0n) is 17.9. The van der Waals surface area contributed by atoms with Crippen LogP contribution in [-0.4, -0.2) is 36.8 Å². The second kappa shape index (κ2) is 8.96. The molecular formula is C24H22ClNO6. The lowest BCUT2D eigenvalue weighted by Crippen LogP contribution is -2.16. The van der Waals surface area contributed by atoms with Gasteiger partial charge in [0.15, 0.2) is 18.1 Å². The SMILES string of the molecule is COc1ccc(Cl)cc1C(=O)OCC(=O)c1cc(C)n(Cc2ccc3c(c2)OCO3)c1C. The number of rotatable bonds is 7. The van der Waals surface area contributed by atoms with Gasteiger partial charge in [0.25, 0.3) is 0 Å². The average Bonchev–Trinajstić information content (AvgIpc) is 3.36. The van der Waals surface area contributed by atoms with Crippen molar-refractivity contribution in [2.45, 2.75) is 20.4 Å². The van der Waals surface area contributed by atoms with Crippen molar-refractivity contribution in [2.75, 3.05) is 20.5 Å². The molecule has 0 spiro atoms. The van der Waals surface area contributed by atoms with E-state index in [1.807, 2.05) is 36.6 Å². The Balaban J connectivity index is 1.47. The number of carbonyl (C=O) groups is 2. The van der Waals surface area contributed by atoms with Crippen LogP contribution in [0.25, 0.3) is 0 Å². The van der Waals surface area contributed by atoms with E-state index in [0.29, 0.717) is 28.6 Å². The van der Waals surface area contributed by atoms with Crippen molar-refractivity contribution in [3.63, 3.8) is 0 Å². The number of fused-ring (bicyclic) bond motifs is 1. The molecule has 8 heteroatoms. The third-order valence-electron chi connectivity index (χ3n) is 5.37. The summed E-state index contributed by atoms with van der Waals surface area (Å²) < 4.78 is 23.3. The number of esters is 1. The third-order valence-corrected chi connectivity index (χ3v) is 5.60. The summed E-state index contributed by atoms with van der Waals surface area (Å²) in [4.78, 5) is 25.3. The molecule has 32 heavy (non-hydrogen) atoms. The number of ketones is 1. The number of hydrogen-bond acceptors (Lipinski definition) is 6. The molecule has 0 unspecified atom stereocenters. The number of ether oxygens (including phenoxy) is 4. The van der Waals surface area contributed by atoms with Crippen molar-refractivity contribution < 1.29 is 28.5 Å². The van der Waals surface area contributed by atoms with E-state index in [1.54, 1.807) is 18.2 Å². The van der Waals surface area contributed by atoms with Crippen molar-refractivity contribution in [1.29, 1.82) is 0 Å². The van der Waals surface area contributed by atoms with Gasteiger partial charge >= 0.3 is 5.97 Å². The number of methoxy groups -OCH3 is 1. The van der Waals surface area contributed by atoms with Gasteiger partial charge in [-0.2, -0.15) is 0 Å². The highest BCUT2D eigenvalue weighted by Gasteiger charge is 2.21. The maximum Gasteiger partial charge on any atom is 0.342 e. The molecule has 0 bridgehead atoms. The second-order valence-corrected chi connectivity index (χ2v) is 7.84. The van der Waals surface area contributed by atoms with E-state index in [4.69, 9.17) is 30.5 Å². The van der Waals surface area contributed by atoms with Crippen molar-refractivity contribution in [2.24, 2.45) is 0 Å². The van der Waals surface area contributed by atoms with Crippen molar-refractivity contribution in [3.05, 3.63) is 75.6 Å². The minimum Gasteiger partial charge on any atom is -0.496 e. The Bertz CT molecular complexity index is 1200. The third kappa shape index (κ3) is 4.29. The van der Waals surface area contributed by atoms with Crippen LogP contribution in [0.4, 0.5) is 0 Å². The molecule has 0 amide bonds. The Morgan fingerprint density at radius 3 is 2.59 bits per heavy atom. The number of aromatic nitrogens is 1. The molecular weight excluding hydrogens is 434 g/mol. The summed E-state index contributed by atoms with van der Waals surface area (Å²) in [7, 11) is 1.44. The normalized spacial score (nSPS) is 12.0. The van der Waals surface area contributed by atoms with Crippen LogP contribution in [0.1, 0.15) is 37.7 Å². The summed E-state index contributed by atoms with van der Waals surface area (Å²) in [6, 6.07) is 12.2. The smallest absolute Gasteiger partial charge is 0.342 e. The molecule has 0 radical (unpaired) electrons. The molecule has 7 nitrogen and oxygen atoms in total. The molecule has 0 N–H and O–H groups in total. The summed E-state index contributed by atoms with van der Waals surface area (Å²) in [6.45, 7) is 4.21. The summed E-state index contributed by atoms with van der Waals surface area (Å²) >= 11 is 5.97. The van der Waals surface area contributed by atoms with Crippen molar-refractivity contribution in [3.8, 4) is 17.2 Å². The van der Waals surface area contributed by atoms with Gasteiger partial charge in [-0.1, -0.05) is 17.7 Å². The summed E-state index contributed by atoms with van der Waals surface area (Å²) in [5, 5.41) is 0.371. The van der Waals surface area contributed by atoms with E-state index in [2.05, 4.69) is 0 Å². The second-order valence-electron chi connectivity index (χ2n) is 7.40. The molecule has 2 aromatic carbocycles. The lowest BCUT2D eigenvalue weighted by Gasteiger charge is -2.11. The van der Waals surface area contributed by atoms with Crippen molar-refractivity contribution >= 4 is 23.4 Å². The number of aryl methyl sites for hydroxylation is 1. The molecule has 0 saturated heterocycles. The van der Waals surface area contributed by atoms with Crippen LogP contribution in [0.15, 0.2) is 42.5 Å². The van der Waals surface area contributed by atoms with Gasteiger partial charge < -0.3 is 23.5 Å². The molecule has 1 aliphatic heterocycles. The molecule has 4 rings (SSSR count). The largest absolute Gasteiger partial charge is 0.496 e. The van der Waals surface area contributed by atoms with Gasteiger partial charge in [-0.05, 0) is 55.8 Å². The van der Waals surface area contributed by atoms with Gasteiger partial charge in [-0.15, -0.1) is 0 Å². The maximum atomic E-state index is 12.8. The zero-order valence-corrected chi connectivity index (χ0v) is 18.7. The summed E-state index contributed by atoms with van der Waals surface area (Å²) in [5.41, 5.74) is 3.41. The molecule has 2 heterocycles. The molecule has 166 valence electrons. The Hall–Kier alpha value is -3.45. The average molecular weight is 456 g/mol. The van der Waals surface area contributed by atoms with E-state index in [0.717, 1.165) is 22.7 Å². The molecule has 1 aromatic heterocycles. The lowest BCUT2D eigenvalue weighted by atomic mass is 10.1. The van der Waals surface area contributed by atoms with Crippen LogP contribution in [0.5, 0.6) is 17.2 Å². The first-order valence-corrected chi connectivity index (χ1v) is 10.3. The van der Waals surface area contributed by atoms with E-state index in [1.165, 1.54) is 13.2 Å². The Kier molecular flexibility index (Phi) is 6.10. The fraction of sp³-hybridized carbons (Fsp3) is 0.250. The quantitative estimate of drug-likeness (QED) is 0.383. The zero-order chi connectivity index (χ0) is 22.8. The van der Waals surface area contributed by atoms with Gasteiger partial charge in [0.05, 0.1) is 7.11 Å². The first-order valence-electron chi connectivity index (χ1n) is 9.96. The minimum atomic E-state index is -0.674. The minimum absolute atomic E-state index is 0.168. The highest BCUT2D eigenvalue weighted by atomic mass is 35.5. The number of benzene rings is 2. The monoisotopic (exact) mass is 455 g/mol.